The van der Waals surface area contributed by atoms with E-state index in [9.17, 15) is 4.79 Å². The minimum absolute atomic E-state index is 0.0276. The van der Waals surface area contributed by atoms with E-state index in [1.54, 1.807) is 18.3 Å². The predicted octanol–water partition coefficient (Wildman–Crippen LogP) is 0.774. The molecular formula is C12H12N2O2. The molecule has 0 spiro atoms. The standard InChI is InChI=1S/C12H12N2O2/c15-7-1-2-9-5-6-13-11(8-9)14-12(16)10-3-4-10/h5-6,8,10,15H,3-4,7H2,(H,13,14,16). The number of amides is 1. The fourth-order valence-corrected chi connectivity index (χ4v) is 1.29. The van der Waals surface area contributed by atoms with Gasteiger partial charge in [-0.05, 0) is 25.0 Å². The van der Waals surface area contributed by atoms with E-state index >= 15 is 0 Å². The van der Waals surface area contributed by atoms with Gasteiger partial charge in [-0.3, -0.25) is 4.79 Å². The third kappa shape index (κ3) is 2.81. The SMILES string of the molecule is O=C(Nc1cc(C#CCO)ccn1)C1CC1. The summed E-state index contributed by atoms with van der Waals surface area (Å²) in [6.45, 7) is -0.175. The molecule has 2 rings (SSSR count). The number of aliphatic hydroxyl groups is 1. The summed E-state index contributed by atoms with van der Waals surface area (Å²) in [7, 11) is 0. The molecule has 1 amide bonds. The highest BCUT2D eigenvalue weighted by Crippen LogP contribution is 2.29. The molecule has 0 aromatic carbocycles. The zero-order valence-electron chi connectivity index (χ0n) is 8.73. The molecular weight excluding hydrogens is 204 g/mol. The van der Waals surface area contributed by atoms with E-state index in [0.717, 1.165) is 18.4 Å². The first-order chi connectivity index (χ1) is 7.79. The van der Waals surface area contributed by atoms with Crippen LogP contribution < -0.4 is 5.32 Å². The molecule has 1 aromatic heterocycles. The minimum atomic E-state index is -0.175. The summed E-state index contributed by atoms with van der Waals surface area (Å²) in [6, 6.07) is 3.43. The predicted molar refractivity (Wildman–Crippen MR) is 59.6 cm³/mol. The number of anilines is 1. The molecule has 4 heteroatoms. The van der Waals surface area contributed by atoms with Crippen LogP contribution in [0.15, 0.2) is 18.3 Å². The third-order valence-corrected chi connectivity index (χ3v) is 2.27. The molecule has 4 nitrogen and oxygen atoms in total. The van der Waals surface area contributed by atoms with Gasteiger partial charge in [0, 0.05) is 17.7 Å². The molecule has 2 N–H and O–H groups in total. The quantitative estimate of drug-likeness (QED) is 0.718. The number of aromatic nitrogens is 1. The van der Waals surface area contributed by atoms with E-state index in [1.165, 1.54) is 0 Å². The molecule has 0 bridgehead atoms. The van der Waals surface area contributed by atoms with E-state index in [4.69, 9.17) is 5.11 Å². The zero-order chi connectivity index (χ0) is 11.4. The molecule has 1 aromatic rings. The molecule has 1 fully saturated rings. The molecule has 0 atom stereocenters. The van der Waals surface area contributed by atoms with Crippen LogP contribution in [0.2, 0.25) is 0 Å². The Hall–Kier alpha value is -1.86. The molecule has 1 aliphatic carbocycles. The van der Waals surface area contributed by atoms with Gasteiger partial charge in [-0.25, -0.2) is 4.98 Å². The second-order valence-corrected chi connectivity index (χ2v) is 3.65. The molecule has 16 heavy (non-hydrogen) atoms. The molecule has 0 unspecified atom stereocenters. The molecule has 0 saturated heterocycles. The lowest BCUT2D eigenvalue weighted by Gasteiger charge is -2.02. The molecule has 0 aliphatic heterocycles. The van der Waals surface area contributed by atoms with Gasteiger partial charge in [0.05, 0.1) is 0 Å². The van der Waals surface area contributed by atoms with Crippen LogP contribution in [0.3, 0.4) is 0 Å². The highest BCUT2D eigenvalue weighted by Gasteiger charge is 2.29. The van der Waals surface area contributed by atoms with Gasteiger partial charge in [0.15, 0.2) is 0 Å². The van der Waals surface area contributed by atoms with Crippen LogP contribution in [-0.4, -0.2) is 22.6 Å². The van der Waals surface area contributed by atoms with E-state index in [-0.39, 0.29) is 18.4 Å². The number of carbonyl (C=O) groups is 1. The zero-order valence-corrected chi connectivity index (χ0v) is 8.73. The molecule has 0 radical (unpaired) electrons. The molecule has 1 saturated carbocycles. The minimum Gasteiger partial charge on any atom is -0.384 e. The summed E-state index contributed by atoms with van der Waals surface area (Å²) in [5.74, 6) is 6.01. The first-order valence-corrected chi connectivity index (χ1v) is 5.16. The highest BCUT2D eigenvalue weighted by atomic mass is 16.2. The van der Waals surface area contributed by atoms with Gasteiger partial charge in [0.2, 0.25) is 5.91 Å². The van der Waals surface area contributed by atoms with E-state index < -0.39 is 0 Å². The molecule has 82 valence electrons. The highest BCUT2D eigenvalue weighted by molar-refractivity contribution is 5.93. The fraction of sp³-hybridized carbons (Fsp3) is 0.333. The molecule has 1 aliphatic rings. The van der Waals surface area contributed by atoms with Crippen molar-refractivity contribution in [2.24, 2.45) is 5.92 Å². The number of nitrogens with one attached hydrogen (secondary N) is 1. The number of hydrogen-bond donors (Lipinski definition) is 2. The average molecular weight is 216 g/mol. The van der Waals surface area contributed by atoms with Crippen molar-refractivity contribution in [2.45, 2.75) is 12.8 Å². The van der Waals surface area contributed by atoms with Crippen LogP contribution in [0.25, 0.3) is 0 Å². The van der Waals surface area contributed by atoms with Gasteiger partial charge in [-0.2, -0.15) is 0 Å². The number of nitrogens with zero attached hydrogens (tertiary/aromatic N) is 1. The Bertz CT molecular complexity index is 456. The Balaban J connectivity index is 2.06. The topological polar surface area (TPSA) is 62.2 Å². The first-order valence-electron chi connectivity index (χ1n) is 5.16. The lowest BCUT2D eigenvalue weighted by molar-refractivity contribution is -0.117. The van der Waals surface area contributed by atoms with Gasteiger partial charge in [-0.15, -0.1) is 0 Å². The van der Waals surface area contributed by atoms with Crippen molar-refractivity contribution in [1.29, 1.82) is 0 Å². The van der Waals surface area contributed by atoms with Gasteiger partial charge in [0.25, 0.3) is 0 Å². The monoisotopic (exact) mass is 216 g/mol. The lowest BCUT2D eigenvalue weighted by Crippen LogP contribution is -2.14. The number of carbonyl (C=O) groups excluding carboxylic acids is 1. The second-order valence-electron chi connectivity index (χ2n) is 3.65. The number of pyridine rings is 1. The first kappa shape index (κ1) is 10.7. The number of aliphatic hydroxyl groups excluding tert-OH is 1. The van der Waals surface area contributed by atoms with Crippen molar-refractivity contribution in [3.05, 3.63) is 23.9 Å². The van der Waals surface area contributed by atoms with Crippen LogP contribution in [-0.2, 0) is 4.79 Å². The Morgan fingerprint density at radius 1 is 1.62 bits per heavy atom. The van der Waals surface area contributed by atoms with Gasteiger partial charge >= 0.3 is 0 Å². The van der Waals surface area contributed by atoms with Crippen LogP contribution in [0, 0.1) is 17.8 Å². The smallest absolute Gasteiger partial charge is 0.228 e. The fourth-order valence-electron chi connectivity index (χ4n) is 1.29. The average Bonchev–Trinajstić information content (AvgIpc) is 3.10. The maximum Gasteiger partial charge on any atom is 0.228 e. The van der Waals surface area contributed by atoms with Crippen molar-refractivity contribution in [1.82, 2.24) is 4.98 Å². The maximum absolute atomic E-state index is 11.5. The number of rotatable bonds is 2. The van der Waals surface area contributed by atoms with E-state index in [0.29, 0.717) is 5.82 Å². The lowest BCUT2D eigenvalue weighted by atomic mass is 10.2. The summed E-state index contributed by atoms with van der Waals surface area (Å²) in [5.41, 5.74) is 0.732. The van der Waals surface area contributed by atoms with Crippen LogP contribution >= 0.6 is 0 Å². The van der Waals surface area contributed by atoms with Gasteiger partial charge in [0.1, 0.15) is 12.4 Å². The van der Waals surface area contributed by atoms with E-state index in [2.05, 4.69) is 22.1 Å². The Labute approximate surface area is 93.7 Å². The Morgan fingerprint density at radius 2 is 2.44 bits per heavy atom. The Morgan fingerprint density at radius 3 is 3.12 bits per heavy atom. The van der Waals surface area contributed by atoms with Crippen molar-refractivity contribution in [2.75, 3.05) is 11.9 Å². The van der Waals surface area contributed by atoms with Crippen LogP contribution in [0.4, 0.5) is 5.82 Å². The van der Waals surface area contributed by atoms with Crippen molar-refractivity contribution in [3.8, 4) is 11.8 Å². The van der Waals surface area contributed by atoms with Gasteiger partial charge in [-0.1, -0.05) is 11.8 Å². The largest absolute Gasteiger partial charge is 0.384 e. The van der Waals surface area contributed by atoms with Crippen molar-refractivity contribution < 1.29 is 9.90 Å². The number of hydrogen-bond acceptors (Lipinski definition) is 3. The van der Waals surface area contributed by atoms with Gasteiger partial charge < -0.3 is 10.4 Å². The Kier molecular flexibility index (Phi) is 3.18. The third-order valence-electron chi connectivity index (χ3n) is 2.27. The van der Waals surface area contributed by atoms with Crippen LogP contribution in [0.1, 0.15) is 18.4 Å². The summed E-state index contributed by atoms with van der Waals surface area (Å²) in [5, 5.41) is 11.3. The molecule has 1 heterocycles. The summed E-state index contributed by atoms with van der Waals surface area (Å²) in [6.07, 6.45) is 3.52. The maximum atomic E-state index is 11.5. The summed E-state index contributed by atoms with van der Waals surface area (Å²) in [4.78, 5) is 15.5. The van der Waals surface area contributed by atoms with Crippen molar-refractivity contribution >= 4 is 11.7 Å². The summed E-state index contributed by atoms with van der Waals surface area (Å²) < 4.78 is 0. The summed E-state index contributed by atoms with van der Waals surface area (Å²) >= 11 is 0. The second kappa shape index (κ2) is 4.77. The van der Waals surface area contributed by atoms with Crippen LogP contribution in [0.5, 0.6) is 0 Å². The van der Waals surface area contributed by atoms with Crippen molar-refractivity contribution in [3.63, 3.8) is 0 Å². The van der Waals surface area contributed by atoms with E-state index in [1.807, 2.05) is 0 Å². The normalized spacial score (nSPS) is 13.8.